The second-order valence-corrected chi connectivity index (χ2v) is 6.40. The maximum Gasteiger partial charge on any atom is 0.0234 e. The van der Waals surface area contributed by atoms with E-state index in [-0.39, 0.29) is 12.4 Å². The van der Waals surface area contributed by atoms with Gasteiger partial charge in [-0.3, -0.25) is 4.90 Å². The summed E-state index contributed by atoms with van der Waals surface area (Å²) in [6.07, 6.45) is 2.57. The third kappa shape index (κ3) is 2.90. The number of hydrogen-bond acceptors (Lipinski definition) is 2. The molecule has 2 N–H and O–H groups in total. The number of halogens is 2. The average molecular weight is 332 g/mol. The molecule has 4 heteroatoms. The molecule has 1 aliphatic heterocycles. The molecule has 1 aromatic carbocycles. The first kappa shape index (κ1) is 14.3. The largest absolute Gasteiger partial charge is 0.327 e. The van der Waals surface area contributed by atoms with E-state index in [9.17, 15) is 0 Å². The molecule has 1 heterocycles. The summed E-state index contributed by atoms with van der Waals surface area (Å²) in [5.41, 5.74) is 7.56. The monoisotopic (exact) mass is 330 g/mol. The summed E-state index contributed by atoms with van der Waals surface area (Å²) in [6, 6.07) is 9.07. The Hall–Kier alpha value is -0.0900. The third-order valence-corrected chi connectivity index (χ3v) is 4.78. The number of nitrogens with two attached hydrogens (primary N) is 1. The van der Waals surface area contributed by atoms with Crippen molar-refractivity contribution in [3.05, 3.63) is 34.3 Å². The molecule has 1 aromatic rings. The predicted octanol–water partition coefficient (Wildman–Crippen LogP) is 3.04. The summed E-state index contributed by atoms with van der Waals surface area (Å²) in [4.78, 5) is 2.57. The summed E-state index contributed by atoms with van der Waals surface area (Å²) in [5.74, 6) is 1.61. The van der Waals surface area contributed by atoms with Crippen LogP contribution in [0.3, 0.4) is 0 Å². The zero-order valence-electron chi connectivity index (χ0n) is 10.4. The van der Waals surface area contributed by atoms with Gasteiger partial charge in [-0.2, -0.15) is 0 Å². The van der Waals surface area contributed by atoms with E-state index < -0.39 is 0 Å². The molecule has 3 unspecified atom stereocenters. The molecule has 1 saturated heterocycles. The molecule has 18 heavy (non-hydrogen) atoms. The Kier molecular flexibility index (Phi) is 4.70. The van der Waals surface area contributed by atoms with Crippen LogP contribution >= 0.6 is 28.3 Å². The van der Waals surface area contributed by atoms with E-state index in [1.165, 1.54) is 36.0 Å². The fraction of sp³-hybridized carbons (Fsp3) is 0.571. The van der Waals surface area contributed by atoms with E-state index in [1.807, 2.05) is 0 Å². The van der Waals surface area contributed by atoms with Crippen LogP contribution in [0.15, 0.2) is 28.7 Å². The minimum absolute atomic E-state index is 0. The van der Waals surface area contributed by atoms with Gasteiger partial charge in [0.1, 0.15) is 0 Å². The van der Waals surface area contributed by atoms with Gasteiger partial charge in [-0.05, 0) is 42.4 Å². The summed E-state index contributed by atoms with van der Waals surface area (Å²) in [6.45, 7) is 3.50. The molecule has 2 aliphatic rings. The summed E-state index contributed by atoms with van der Waals surface area (Å²) >= 11 is 3.53. The zero-order chi connectivity index (χ0) is 11.8. The standard InChI is InChI=1S/C14H19BrN2.ClH/c15-12-3-1-2-10(6-12)7-17-8-11-4-5-14(16)13(11)9-17;/h1-3,6,11,13-14H,4-5,7-9,16H2;1H. The Morgan fingerprint density at radius 2 is 2.11 bits per heavy atom. The number of hydrogen-bond donors (Lipinski definition) is 1. The van der Waals surface area contributed by atoms with Crippen LogP contribution in [0.1, 0.15) is 18.4 Å². The maximum atomic E-state index is 6.17. The van der Waals surface area contributed by atoms with E-state index in [1.54, 1.807) is 0 Å². The second-order valence-electron chi connectivity index (χ2n) is 5.49. The highest BCUT2D eigenvalue weighted by Gasteiger charge is 2.40. The highest BCUT2D eigenvalue weighted by atomic mass is 79.9. The van der Waals surface area contributed by atoms with Crippen molar-refractivity contribution in [3.8, 4) is 0 Å². The van der Waals surface area contributed by atoms with Crippen LogP contribution in [0.4, 0.5) is 0 Å². The molecule has 2 nitrogen and oxygen atoms in total. The minimum atomic E-state index is 0. The van der Waals surface area contributed by atoms with Gasteiger partial charge in [0.2, 0.25) is 0 Å². The lowest BCUT2D eigenvalue weighted by molar-refractivity contribution is 0.298. The van der Waals surface area contributed by atoms with E-state index in [4.69, 9.17) is 5.73 Å². The van der Waals surface area contributed by atoms with Gasteiger partial charge in [0, 0.05) is 30.1 Å². The van der Waals surface area contributed by atoms with Crippen molar-refractivity contribution in [1.82, 2.24) is 4.90 Å². The Morgan fingerprint density at radius 3 is 2.83 bits per heavy atom. The first-order chi connectivity index (χ1) is 8.22. The topological polar surface area (TPSA) is 29.3 Å². The number of benzene rings is 1. The fourth-order valence-electron chi connectivity index (χ4n) is 3.42. The van der Waals surface area contributed by atoms with E-state index in [0.717, 1.165) is 18.4 Å². The zero-order valence-corrected chi connectivity index (χ0v) is 12.8. The highest BCUT2D eigenvalue weighted by Crippen LogP contribution is 2.37. The van der Waals surface area contributed by atoms with Crippen LogP contribution in [0.5, 0.6) is 0 Å². The number of nitrogens with zero attached hydrogens (tertiary/aromatic N) is 1. The molecule has 1 aliphatic carbocycles. The van der Waals surface area contributed by atoms with Crippen LogP contribution in [0.25, 0.3) is 0 Å². The Bertz CT molecular complexity index is 413. The van der Waals surface area contributed by atoms with Crippen molar-refractivity contribution in [2.75, 3.05) is 13.1 Å². The molecular formula is C14H20BrClN2. The molecule has 100 valence electrons. The van der Waals surface area contributed by atoms with E-state index >= 15 is 0 Å². The Morgan fingerprint density at radius 1 is 1.28 bits per heavy atom. The van der Waals surface area contributed by atoms with Crippen LogP contribution < -0.4 is 5.73 Å². The molecule has 1 saturated carbocycles. The van der Waals surface area contributed by atoms with Crippen molar-refractivity contribution < 1.29 is 0 Å². The van der Waals surface area contributed by atoms with Crippen LogP contribution in [-0.4, -0.2) is 24.0 Å². The van der Waals surface area contributed by atoms with Crippen LogP contribution in [0, 0.1) is 11.8 Å². The third-order valence-electron chi connectivity index (χ3n) is 4.28. The lowest BCUT2D eigenvalue weighted by Gasteiger charge is -2.18. The molecule has 0 amide bonds. The predicted molar refractivity (Wildman–Crippen MR) is 80.9 cm³/mol. The van der Waals surface area contributed by atoms with Crippen LogP contribution in [0.2, 0.25) is 0 Å². The maximum absolute atomic E-state index is 6.17. The van der Waals surface area contributed by atoms with Crippen molar-refractivity contribution in [2.45, 2.75) is 25.4 Å². The summed E-state index contributed by atoms with van der Waals surface area (Å²) in [5, 5.41) is 0. The quantitative estimate of drug-likeness (QED) is 0.902. The smallest absolute Gasteiger partial charge is 0.0234 e. The van der Waals surface area contributed by atoms with E-state index in [2.05, 4.69) is 45.1 Å². The van der Waals surface area contributed by atoms with Gasteiger partial charge in [0.25, 0.3) is 0 Å². The normalized spacial score (nSPS) is 31.1. The van der Waals surface area contributed by atoms with Gasteiger partial charge >= 0.3 is 0 Å². The van der Waals surface area contributed by atoms with Gasteiger partial charge in [-0.1, -0.05) is 28.1 Å². The Balaban J connectivity index is 0.00000120. The molecule has 0 spiro atoms. The van der Waals surface area contributed by atoms with Crippen LogP contribution in [-0.2, 0) is 6.54 Å². The SMILES string of the molecule is Cl.NC1CCC2CN(Cc3cccc(Br)c3)CC12. The van der Waals surface area contributed by atoms with Gasteiger partial charge in [-0.15, -0.1) is 12.4 Å². The molecule has 2 fully saturated rings. The molecule has 0 bridgehead atoms. The van der Waals surface area contributed by atoms with Gasteiger partial charge in [-0.25, -0.2) is 0 Å². The summed E-state index contributed by atoms with van der Waals surface area (Å²) < 4.78 is 1.17. The molecule has 0 radical (unpaired) electrons. The first-order valence-electron chi connectivity index (χ1n) is 6.45. The Labute approximate surface area is 123 Å². The molecule has 3 atom stereocenters. The van der Waals surface area contributed by atoms with Gasteiger partial charge in [0.05, 0.1) is 0 Å². The van der Waals surface area contributed by atoms with E-state index in [0.29, 0.717) is 6.04 Å². The summed E-state index contributed by atoms with van der Waals surface area (Å²) in [7, 11) is 0. The van der Waals surface area contributed by atoms with Gasteiger partial charge < -0.3 is 5.73 Å². The highest BCUT2D eigenvalue weighted by molar-refractivity contribution is 9.10. The minimum Gasteiger partial charge on any atom is -0.327 e. The lowest BCUT2D eigenvalue weighted by Crippen LogP contribution is -2.30. The number of likely N-dealkylation sites (tertiary alicyclic amines) is 1. The lowest BCUT2D eigenvalue weighted by atomic mass is 9.98. The van der Waals surface area contributed by atoms with Gasteiger partial charge in [0.15, 0.2) is 0 Å². The molecular weight excluding hydrogens is 312 g/mol. The first-order valence-corrected chi connectivity index (χ1v) is 7.24. The fourth-order valence-corrected chi connectivity index (χ4v) is 3.87. The average Bonchev–Trinajstić information content (AvgIpc) is 2.82. The number of rotatable bonds is 2. The van der Waals surface area contributed by atoms with Crippen molar-refractivity contribution >= 4 is 28.3 Å². The molecule has 0 aromatic heterocycles. The molecule has 3 rings (SSSR count). The van der Waals surface area contributed by atoms with Crippen molar-refractivity contribution in [2.24, 2.45) is 17.6 Å². The van der Waals surface area contributed by atoms with Crippen molar-refractivity contribution in [1.29, 1.82) is 0 Å². The number of fused-ring (bicyclic) bond motifs is 1. The second kappa shape index (κ2) is 5.91. The van der Waals surface area contributed by atoms with Crippen molar-refractivity contribution in [3.63, 3.8) is 0 Å².